The highest BCUT2D eigenvalue weighted by molar-refractivity contribution is 5.79. The van der Waals surface area contributed by atoms with E-state index in [1.807, 2.05) is 30.5 Å². The second-order valence-corrected chi connectivity index (χ2v) is 4.83. The number of hydrogen-bond acceptors (Lipinski definition) is 1. The highest BCUT2D eigenvalue weighted by Gasteiger charge is 2.07. The van der Waals surface area contributed by atoms with Crippen molar-refractivity contribution < 1.29 is 8.78 Å². The molecular weight excluding hydrogens is 258 g/mol. The predicted octanol–water partition coefficient (Wildman–Crippen LogP) is 4.37. The van der Waals surface area contributed by atoms with Crippen molar-refractivity contribution in [1.29, 1.82) is 0 Å². The maximum absolute atomic E-state index is 13.7. The Kier molecular flexibility index (Phi) is 3.14. The van der Waals surface area contributed by atoms with Gasteiger partial charge in [0.05, 0.1) is 5.69 Å². The van der Waals surface area contributed by atoms with Gasteiger partial charge in [-0.3, -0.25) is 0 Å². The number of anilines is 1. The summed E-state index contributed by atoms with van der Waals surface area (Å²) in [6, 6.07) is 10.3. The topological polar surface area (TPSA) is 27.8 Å². The summed E-state index contributed by atoms with van der Waals surface area (Å²) in [6.07, 6.45) is 1.87. The lowest BCUT2D eigenvalue weighted by atomic mass is 10.1. The van der Waals surface area contributed by atoms with Crippen molar-refractivity contribution >= 4 is 16.6 Å². The maximum atomic E-state index is 13.7. The number of aryl methyl sites for hydroxylation is 1. The molecule has 0 spiro atoms. The number of aromatic nitrogens is 1. The first kappa shape index (κ1) is 12.7. The first-order chi connectivity index (χ1) is 9.63. The standard InChI is InChI=1S/C16H14F2N2/c1-10-6-14(18)16(8-13(10)17)20-9-11-2-3-15-12(7-11)4-5-19-15/h2-8,19-20H,9H2,1H3. The fourth-order valence-corrected chi connectivity index (χ4v) is 2.19. The lowest BCUT2D eigenvalue weighted by molar-refractivity contribution is 0.594. The summed E-state index contributed by atoms with van der Waals surface area (Å²) in [5.74, 6) is -0.846. The minimum atomic E-state index is -0.438. The molecule has 0 bridgehead atoms. The molecule has 0 aliphatic carbocycles. The fourth-order valence-electron chi connectivity index (χ4n) is 2.19. The van der Waals surface area contributed by atoms with Gasteiger partial charge in [-0.25, -0.2) is 8.78 Å². The normalized spacial score (nSPS) is 10.9. The van der Waals surface area contributed by atoms with Gasteiger partial charge in [-0.1, -0.05) is 6.07 Å². The molecule has 3 aromatic rings. The van der Waals surface area contributed by atoms with Crippen LogP contribution in [0.25, 0.3) is 10.9 Å². The van der Waals surface area contributed by atoms with E-state index >= 15 is 0 Å². The first-order valence-corrected chi connectivity index (χ1v) is 6.39. The number of aromatic amines is 1. The van der Waals surface area contributed by atoms with Crippen LogP contribution in [0.3, 0.4) is 0 Å². The molecule has 1 heterocycles. The minimum absolute atomic E-state index is 0.183. The first-order valence-electron chi connectivity index (χ1n) is 6.39. The van der Waals surface area contributed by atoms with Crippen LogP contribution in [-0.2, 0) is 6.54 Å². The molecular formula is C16H14F2N2. The smallest absolute Gasteiger partial charge is 0.146 e. The Morgan fingerprint density at radius 2 is 1.90 bits per heavy atom. The summed E-state index contributed by atoms with van der Waals surface area (Å²) in [5.41, 5.74) is 2.56. The third-order valence-corrected chi connectivity index (χ3v) is 3.35. The van der Waals surface area contributed by atoms with E-state index in [4.69, 9.17) is 0 Å². The summed E-state index contributed by atoms with van der Waals surface area (Å²) in [5, 5.41) is 4.03. The van der Waals surface area contributed by atoms with Gasteiger partial charge in [0.15, 0.2) is 0 Å². The number of H-pyrrole nitrogens is 1. The van der Waals surface area contributed by atoms with Gasteiger partial charge in [0.1, 0.15) is 11.6 Å². The number of rotatable bonds is 3. The number of halogens is 2. The number of fused-ring (bicyclic) bond motifs is 1. The molecule has 102 valence electrons. The molecule has 0 unspecified atom stereocenters. The molecule has 2 aromatic carbocycles. The van der Waals surface area contributed by atoms with Crippen molar-refractivity contribution in [3.05, 3.63) is 65.4 Å². The SMILES string of the molecule is Cc1cc(F)c(NCc2ccc3[nH]ccc3c2)cc1F. The number of hydrogen-bond donors (Lipinski definition) is 2. The van der Waals surface area contributed by atoms with Crippen LogP contribution in [-0.4, -0.2) is 4.98 Å². The van der Waals surface area contributed by atoms with Gasteiger partial charge in [-0.2, -0.15) is 0 Å². The number of nitrogens with one attached hydrogen (secondary N) is 2. The third kappa shape index (κ3) is 2.37. The van der Waals surface area contributed by atoms with Crippen molar-refractivity contribution in [3.8, 4) is 0 Å². The van der Waals surface area contributed by atoms with Crippen molar-refractivity contribution in [2.45, 2.75) is 13.5 Å². The highest BCUT2D eigenvalue weighted by Crippen LogP contribution is 2.20. The minimum Gasteiger partial charge on any atom is -0.379 e. The van der Waals surface area contributed by atoms with E-state index < -0.39 is 11.6 Å². The van der Waals surface area contributed by atoms with Gasteiger partial charge in [0, 0.05) is 24.3 Å². The molecule has 1 aromatic heterocycles. The van der Waals surface area contributed by atoms with Crippen LogP contribution in [0.15, 0.2) is 42.6 Å². The van der Waals surface area contributed by atoms with E-state index in [1.54, 1.807) is 6.92 Å². The average molecular weight is 272 g/mol. The Morgan fingerprint density at radius 1 is 1.05 bits per heavy atom. The zero-order valence-corrected chi connectivity index (χ0v) is 11.0. The number of benzene rings is 2. The Balaban J connectivity index is 1.80. The van der Waals surface area contributed by atoms with Crippen LogP contribution in [0.5, 0.6) is 0 Å². The largest absolute Gasteiger partial charge is 0.379 e. The van der Waals surface area contributed by atoms with Gasteiger partial charge in [0.25, 0.3) is 0 Å². The summed E-state index contributed by atoms with van der Waals surface area (Å²) >= 11 is 0. The zero-order chi connectivity index (χ0) is 14.1. The Labute approximate surface area is 115 Å². The summed E-state index contributed by atoms with van der Waals surface area (Å²) in [7, 11) is 0. The van der Waals surface area contributed by atoms with Crippen LogP contribution in [0, 0.1) is 18.6 Å². The molecule has 0 saturated carbocycles. The highest BCUT2D eigenvalue weighted by atomic mass is 19.1. The predicted molar refractivity (Wildman–Crippen MR) is 76.7 cm³/mol. The molecule has 0 radical (unpaired) electrons. The molecule has 2 N–H and O–H groups in total. The van der Waals surface area contributed by atoms with Crippen LogP contribution >= 0.6 is 0 Å². The Bertz CT molecular complexity index is 762. The van der Waals surface area contributed by atoms with E-state index in [9.17, 15) is 8.78 Å². The van der Waals surface area contributed by atoms with Gasteiger partial charge < -0.3 is 10.3 Å². The summed E-state index contributed by atoms with van der Waals surface area (Å²) < 4.78 is 27.1. The zero-order valence-electron chi connectivity index (χ0n) is 11.0. The average Bonchev–Trinajstić information content (AvgIpc) is 2.89. The molecule has 0 saturated heterocycles. The summed E-state index contributed by atoms with van der Waals surface area (Å²) in [6.45, 7) is 1.99. The van der Waals surface area contributed by atoms with Gasteiger partial charge >= 0.3 is 0 Å². The van der Waals surface area contributed by atoms with Crippen LogP contribution in [0.4, 0.5) is 14.5 Å². The van der Waals surface area contributed by atoms with E-state index in [2.05, 4.69) is 10.3 Å². The lowest BCUT2D eigenvalue weighted by Crippen LogP contribution is -2.02. The van der Waals surface area contributed by atoms with Crippen molar-refractivity contribution in [2.75, 3.05) is 5.32 Å². The van der Waals surface area contributed by atoms with E-state index in [1.165, 1.54) is 12.1 Å². The quantitative estimate of drug-likeness (QED) is 0.728. The van der Waals surface area contributed by atoms with E-state index in [-0.39, 0.29) is 5.69 Å². The lowest BCUT2D eigenvalue weighted by Gasteiger charge is -2.09. The van der Waals surface area contributed by atoms with Crippen LogP contribution < -0.4 is 5.32 Å². The molecule has 4 heteroatoms. The van der Waals surface area contributed by atoms with Gasteiger partial charge in [0.2, 0.25) is 0 Å². The Morgan fingerprint density at radius 3 is 2.75 bits per heavy atom. The molecule has 0 amide bonds. The van der Waals surface area contributed by atoms with E-state index in [0.717, 1.165) is 16.5 Å². The van der Waals surface area contributed by atoms with Crippen molar-refractivity contribution in [3.63, 3.8) is 0 Å². The van der Waals surface area contributed by atoms with Crippen LogP contribution in [0.2, 0.25) is 0 Å². The molecule has 0 aliphatic heterocycles. The van der Waals surface area contributed by atoms with Gasteiger partial charge in [-0.15, -0.1) is 0 Å². The molecule has 20 heavy (non-hydrogen) atoms. The Hall–Kier alpha value is -2.36. The molecule has 2 nitrogen and oxygen atoms in total. The fraction of sp³-hybridized carbons (Fsp3) is 0.125. The van der Waals surface area contributed by atoms with Crippen molar-refractivity contribution in [1.82, 2.24) is 4.98 Å². The molecule has 0 fully saturated rings. The van der Waals surface area contributed by atoms with E-state index in [0.29, 0.717) is 12.1 Å². The monoisotopic (exact) mass is 272 g/mol. The molecule has 0 aliphatic rings. The molecule has 3 rings (SSSR count). The van der Waals surface area contributed by atoms with Gasteiger partial charge in [-0.05, 0) is 47.7 Å². The second kappa shape index (κ2) is 4.96. The summed E-state index contributed by atoms with van der Waals surface area (Å²) in [4.78, 5) is 3.11. The second-order valence-electron chi connectivity index (χ2n) is 4.83. The molecule has 0 atom stereocenters. The van der Waals surface area contributed by atoms with Crippen LogP contribution in [0.1, 0.15) is 11.1 Å². The maximum Gasteiger partial charge on any atom is 0.146 e. The van der Waals surface area contributed by atoms with Crippen molar-refractivity contribution in [2.24, 2.45) is 0 Å². The third-order valence-electron chi connectivity index (χ3n) is 3.35.